The average molecular weight is 208 g/mol. The van der Waals surface area contributed by atoms with Crippen LogP contribution in [0.4, 0.5) is 0 Å². The lowest BCUT2D eigenvalue weighted by molar-refractivity contribution is -0.366. The van der Waals surface area contributed by atoms with Gasteiger partial charge in [0, 0.05) is 24.0 Å². The van der Waals surface area contributed by atoms with Crippen molar-refractivity contribution in [2.45, 2.75) is 25.9 Å². The number of fused-ring (bicyclic) bond motifs is 1. The Morgan fingerprint density at radius 1 is 1.53 bits per heavy atom. The van der Waals surface area contributed by atoms with Gasteiger partial charge < -0.3 is 15.2 Å². The summed E-state index contributed by atoms with van der Waals surface area (Å²) in [5.74, 6) is 1.99. The number of hydrogen-bond donors (Lipinski definition) is 1. The van der Waals surface area contributed by atoms with Crippen molar-refractivity contribution < 1.29 is 15.2 Å². The highest BCUT2D eigenvalue weighted by atomic mass is 16.5. The maximum atomic E-state index is 5.72. The molecule has 1 aliphatic heterocycles. The van der Waals surface area contributed by atoms with E-state index in [0.29, 0.717) is 6.10 Å². The molecule has 0 bridgehead atoms. The minimum Gasteiger partial charge on any atom is -0.496 e. The third kappa shape index (κ3) is 1.92. The monoisotopic (exact) mass is 208 g/mol. The van der Waals surface area contributed by atoms with Crippen LogP contribution in [0.2, 0.25) is 0 Å². The molecule has 1 heterocycles. The first-order chi connectivity index (χ1) is 7.24. The summed E-state index contributed by atoms with van der Waals surface area (Å²) in [6, 6.07) is 4.20. The van der Waals surface area contributed by atoms with Crippen LogP contribution in [0.15, 0.2) is 12.1 Å². The molecule has 1 atom stereocenters. The van der Waals surface area contributed by atoms with Gasteiger partial charge in [0.1, 0.15) is 17.6 Å². The minimum absolute atomic E-state index is 0.291. The molecule has 0 amide bonds. The van der Waals surface area contributed by atoms with Gasteiger partial charge in [-0.1, -0.05) is 0 Å². The minimum atomic E-state index is 0.291. The molecule has 82 valence electrons. The van der Waals surface area contributed by atoms with Crippen molar-refractivity contribution in [1.29, 1.82) is 0 Å². The van der Waals surface area contributed by atoms with Gasteiger partial charge in [-0.3, -0.25) is 0 Å². The molecule has 3 N–H and O–H groups in total. The second-order valence-corrected chi connectivity index (χ2v) is 4.01. The van der Waals surface area contributed by atoms with Crippen molar-refractivity contribution in [3.8, 4) is 11.5 Å². The SMILES string of the molecule is COc1cc2c(cc1CC[NH3+])O[C@H](C)C2. The van der Waals surface area contributed by atoms with Crippen molar-refractivity contribution in [1.82, 2.24) is 0 Å². The zero-order chi connectivity index (χ0) is 10.8. The topological polar surface area (TPSA) is 46.1 Å². The predicted molar refractivity (Wildman–Crippen MR) is 58.2 cm³/mol. The van der Waals surface area contributed by atoms with Crippen LogP contribution in [-0.2, 0) is 12.8 Å². The van der Waals surface area contributed by atoms with Crippen molar-refractivity contribution in [2.24, 2.45) is 0 Å². The van der Waals surface area contributed by atoms with Crippen LogP contribution < -0.4 is 15.2 Å². The van der Waals surface area contributed by atoms with E-state index in [4.69, 9.17) is 9.47 Å². The number of rotatable bonds is 3. The van der Waals surface area contributed by atoms with Crippen LogP contribution in [0.3, 0.4) is 0 Å². The summed E-state index contributed by atoms with van der Waals surface area (Å²) >= 11 is 0. The number of ether oxygens (including phenoxy) is 2. The first-order valence-corrected chi connectivity index (χ1v) is 5.40. The maximum absolute atomic E-state index is 5.72. The van der Waals surface area contributed by atoms with Crippen LogP contribution in [0.1, 0.15) is 18.1 Å². The Morgan fingerprint density at radius 3 is 3.00 bits per heavy atom. The fourth-order valence-electron chi connectivity index (χ4n) is 2.06. The zero-order valence-electron chi connectivity index (χ0n) is 9.38. The Balaban J connectivity index is 2.36. The van der Waals surface area contributed by atoms with Crippen molar-refractivity contribution >= 4 is 0 Å². The summed E-state index contributed by atoms with van der Waals surface area (Å²) in [5.41, 5.74) is 6.32. The smallest absolute Gasteiger partial charge is 0.123 e. The van der Waals surface area contributed by atoms with E-state index in [2.05, 4.69) is 24.8 Å². The molecule has 0 fully saturated rings. The summed E-state index contributed by atoms with van der Waals surface area (Å²) < 4.78 is 11.1. The largest absolute Gasteiger partial charge is 0.496 e. The highest BCUT2D eigenvalue weighted by Crippen LogP contribution is 2.34. The Hall–Kier alpha value is -1.22. The van der Waals surface area contributed by atoms with Gasteiger partial charge in [0.2, 0.25) is 0 Å². The number of benzene rings is 1. The predicted octanol–water partition coefficient (Wildman–Crippen LogP) is 0.803. The molecule has 2 rings (SSSR count). The fraction of sp³-hybridized carbons (Fsp3) is 0.500. The Morgan fingerprint density at radius 2 is 2.33 bits per heavy atom. The Labute approximate surface area is 90.2 Å². The normalized spacial score (nSPS) is 18.5. The van der Waals surface area contributed by atoms with Gasteiger partial charge in [-0.2, -0.15) is 0 Å². The van der Waals surface area contributed by atoms with Crippen molar-refractivity contribution in [2.75, 3.05) is 13.7 Å². The van der Waals surface area contributed by atoms with Gasteiger partial charge >= 0.3 is 0 Å². The molecule has 0 saturated heterocycles. The maximum Gasteiger partial charge on any atom is 0.123 e. The molecule has 3 heteroatoms. The quantitative estimate of drug-likeness (QED) is 0.798. The van der Waals surface area contributed by atoms with Gasteiger partial charge in [-0.25, -0.2) is 0 Å². The van der Waals surface area contributed by atoms with E-state index >= 15 is 0 Å². The van der Waals surface area contributed by atoms with E-state index in [1.54, 1.807) is 7.11 Å². The molecule has 3 nitrogen and oxygen atoms in total. The van der Waals surface area contributed by atoms with Crippen LogP contribution in [-0.4, -0.2) is 19.8 Å². The van der Waals surface area contributed by atoms with Crippen LogP contribution >= 0.6 is 0 Å². The zero-order valence-corrected chi connectivity index (χ0v) is 9.38. The lowest BCUT2D eigenvalue weighted by Crippen LogP contribution is -2.51. The molecule has 0 aliphatic carbocycles. The second-order valence-electron chi connectivity index (χ2n) is 4.01. The van der Waals surface area contributed by atoms with E-state index in [-0.39, 0.29) is 0 Å². The van der Waals surface area contributed by atoms with Gasteiger partial charge in [-0.05, 0) is 19.1 Å². The number of quaternary nitrogens is 1. The van der Waals surface area contributed by atoms with E-state index in [9.17, 15) is 0 Å². The van der Waals surface area contributed by atoms with Crippen molar-refractivity contribution in [3.05, 3.63) is 23.3 Å². The highest BCUT2D eigenvalue weighted by molar-refractivity contribution is 5.48. The molecule has 0 aromatic heterocycles. The standard InChI is InChI=1S/C12H17NO2/c1-8-5-10-7-11(14-2)9(3-4-13)6-12(10)15-8/h6-8H,3-5,13H2,1-2H3/p+1/t8-/m1/s1. The molecule has 0 radical (unpaired) electrons. The van der Waals surface area contributed by atoms with Gasteiger partial charge in [0.05, 0.1) is 13.7 Å². The molecule has 15 heavy (non-hydrogen) atoms. The van der Waals surface area contributed by atoms with Gasteiger partial charge in [0.25, 0.3) is 0 Å². The highest BCUT2D eigenvalue weighted by Gasteiger charge is 2.21. The molecule has 0 spiro atoms. The van der Waals surface area contributed by atoms with Crippen LogP contribution in [0.5, 0.6) is 11.5 Å². The summed E-state index contributed by atoms with van der Waals surface area (Å²) in [6.45, 7) is 2.97. The number of methoxy groups -OCH3 is 1. The molecule has 1 aromatic rings. The molecule has 0 unspecified atom stereocenters. The van der Waals surface area contributed by atoms with E-state index in [1.807, 2.05) is 0 Å². The Kier molecular flexibility index (Phi) is 2.82. The number of hydrogen-bond acceptors (Lipinski definition) is 2. The third-order valence-electron chi connectivity index (χ3n) is 2.75. The van der Waals surface area contributed by atoms with Gasteiger partial charge in [-0.15, -0.1) is 0 Å². The van der Waals surface area contributed by atoms with E-state index in [1.165, 1.54) is 11.1 Å². The van der Waals surface area contributed by atoms with Crippen LogP contribution in [0.25, 0.3) is 0 Å². The molecule has 1 aromatic carbocycles. The third-order valence-corrected chi connectivity index (χ3v) is 2.75. The summed E-state index contributed by atoms with van der Waals surface area (Å²) in [5, 5.41) is 0. The average Bonchev–Trinajstić information content (AvgIpc) is 2.56. The summed E-state index contributed by atoms with van der Waals surface area (Å²) in [4.78, 5) is 0. The first kappa shape index (κ1) is 10.3. The lowest BCUT2D eigenvalue weighted by Gasteiger charge is -2.09. The Bertz CT molecular complexity index is 363. The summed E-state index contributed by atoms with van der Waals surface area (Å²) in [7, 11) is 1.72. The lowest BCUT2D eigenvalue weighted by atomic mass is 10.0. The summed E-state index contributed by atoms with van der Waals surface area (Å²) in [6.07, 6.45) is 2.21. The second kappa shape index (κ2) is 4.11. The molecule has 1 aliphatic rings. The van der Waals surface area contributed by atoms with Crippen LogP contribution in [0, 0.1) is 0 Å². The van der Waals surface area contributed by atoms with Gasteiger partial charge in [0.15, 0.2) is 0 Å². The molecular weight excluding hydrogens is 190 g/mol. The van der Waals surface area contributed by atoms with E-state index in [0.717, 1.165) is 30.9 Å². The fourth-order valence-corrected chi connectivity index (χ4v) is 2.06. The van der Waals surface area contributed by atoms with Crippen molar-refractivity contribution in [3.63, 3.8) is 0 Å². The van der Waals surface area contributed by atoms with E-state index < -0.39 is 0 Å². The molecule has 0 saturated carbocycles. The molecular formula is C12H18NO2+. The first-order valence-electron chi connectivity index (χ1n) is 5.40.